The van der Waals surface area contributed by atoms with E-state index in [1.807, 2.05) is 18.2 Å². The van der Waals surface area contributed by atoms with Gasteiger partial charge in [0.15, 0.2) is 5.82 Å². The van der Waals surface area contributed by atoms with Crippen LogP contribution < -0.4 is 0 Å². The maximum absolute atomic E-state index is 5.18. The summed E-state index contributed by atoms with van der Waals surface area (Å²) in [7, 11) is 0. The van der Waals surface area contributed by atoms with Gasteiger partial charge in [-0.15, -0.1) is 0 Å². The molecule has 0 saturated heterocycles. The Balaban J connectivity index is 1.08. The monoisotopic (exact) mass is 660 g/mol. The number of fused-ring (bicyclic) bond motifs is 5. The van der Waals surface area contributed by atoms with E-state index >= 15 is 0 Å². The number of hydrogen-bond donors (Lipinski definition) is 0. The van der Waals surface area contributed by atoms with Gasteiger partial charge in [-0.25, -0.2) is 9.97 Å². The van der Waals surface area contributed by atoms with Gasteiger partial charge in [0.05, 0.1) is 11.4 Å². The Bertz CT molecular complexity index is 2940. The fourth-order valence-electron chi connectivity index (χ4n) is 7.62. The van der Waals surface area contributed by atoms with Crippen molar-refractivity contribution in [3.63, 3.8) is 0 Å². The van der Waals surface area contributed by atoms with E-state index < -0.39 is 0 Å². The van der Waals surface area contributed by atoms with Crippen molar-refractivity contribution in [2.75, 3.05) is 0 Å². The van der Waals surface area contributed by atoms with Crippen LogP contribution in [0.1, 0.15) is 0 Å². The first-order valence-electron chi connectivity index (χ1n) is 17.7. The first-order chi connectivity index (χ1) is 25.7. The summed E-state index contributed by atoms with van der Waals surface area (Å²) < 4.78 is 0. The van der Waals surface area contributed by atoms with E-state index in [1.165, 1.54) is 54.2 Å². The van der Waals surface area contributed by atoms with Crippen molar-refractivity contribution in [1.82, 2.24) is 9.97 Å². The molecule has 52 heavy (non-hydrogen) atoms. The molecule has 0 fully saturated rings. The normalized spacial score (nSPS) is 11.5. The zero-order valence-corrected chi connectivity index (χ0v) is 28.4. The topological polar surface area (TPSA) is 25.8 Å². The standard InChI is InChI=1S/C50H32N2/c1-2-12-36(13-3-1)50-51-48(32-49(52-50)46-18-9-8-17-43(46)40-26-21-33-11-4-5-14-37(33)29-40)35-24-22-34(23-25-35)42-19-10-20-44-45(42)28-27-41-30-38-15-6-7-16-39(38)31-47(41)44/h1-32H. The van der Waals surface area contributed by atoms with Crippen molar-refractivity contribution in [2.45, 2.75) is 0 Å². The lowest BCUT2D eigenvalue weighted by molar-refractivity contribution is 1.18. The molecule has 0 aliphatic carbocycles. The van der Waals surface area contributed by atoms with Gasteiger partial charge in [0.1, 0.15) is 0 Å². The van der Waals surface area contributed by atoms with E-state index in [-0.39, 0.29) is 0 Å². The minimum Gasteiger partial charge on any atom is -0.228 e. The highest BCUT2D eigenvalue weighted by Crippen LogP contribution is 2.38. The van der Waals surface area contributed by atoms with Crippen LogP contribution in [0, 0.1) is 0 Å². The van der Waals surface area contributed by atoms with Gasteiger partial charge in [0.25, 0.3) is 0 Å². The molecule has 10 rings (SSSR count). The molecule has 0 aliphatic heterocycles. The highest BCUT2D eigenvalue weighted by atomic mass is 14.9. The minimum absolute atomic E-state index is 0.707. The van der Waals surface area contributed by atoms with Crippen LogP contribution in [0.25, 0.3) is 99.2 Å². The highest BCUT2D eigenvalue weighted by Gasteiger charge is 2.15. The van der Waals surface area contributed by atoms with Gasteiger partial charge in [0, 0.05) is 16.7 Å². The Morgan fingerprint density at radius 1 is 0.250 bits per heavy atom. The molecular weight excluding hydrogens is 629 g/mol. The van der Waals surface area contributed by atoms with E-state index in [4.69, 9.17) is 9.97 Å². The van der Waals surface area contributed by atoms with Crippen molar-refractivity contribution in [1.29, 1.82) is 0 Å². The second-order valence-corrected chi connectivity index (χ2v) is 13.4. The number of benzene rings is 9. The summed E-state index contributed by atoms with van der Waals surface area (Å²) >= 11 is 0. The van der Waals surface area contributed by atoms with Crippen LogP contribution in [0.5, 0.6) is 0 Å². The van der Waals surface area contributed by atoms with Crippen LogP contribution in [0.15, 0.2) is 194 Å². The van der Waals surface area contributed by atoms with Gasteiger partial charge in [-0.05, 0) is 89.6 Å². The zero-order chi connectivity index (χ0) is 34.4. The van der Waals surface area contributed by atoms with Crippen LogP contribution in [0.4, 0.5) is 0 Å². The minimum atomic E-state index is 0.707. The van der Waals surface area contributed by atoms with Crippen molar-refractivity contribution in [2.24, 2.45) is 0 Å². The molecule has 0 unspecified atom stereocenters. The molecule has 0 atom stereocenters. The Kier molecular flexibility index (Phi) is 7.18. The third-order valence-corrected chi connectivity index (χ3v) is 10.3. The maximum Gasteiger partial charge on any atom is 0.160 e. The van der Waals surface area contributed by atoms with Crippen molar-refractivity contribution < 1.29 is 0 Å². The lowest BCUT2D eigenvalue weighted by Crippen LogP contribution is -1.97. The highest BCUT2D eigenvalue weighted by molar-refractivity contribution is 6.15. The van der Waals surface area contributed by atoms with Gasteiger partial charge < -0.3 is 0 Å². The number of aromatic nitrogens is 2. The van der Waals surface area contributed by atoms with Crippen molar-refractivity contribution >= 4 is 43.1 Å². The quantitative estimate of drug-likeness (QED) is 0.136. The second-order valence-electron chi connectivity index (χ2n) is 13.4. The summed E-state index contributed by atoms with van der Waals surface area (Å²) in [6, 6.07) is 69.4. The summed E-state index contributed by atoms with van der Waals surface area (Å²) in [5.41, 5.74) is 9.59. The molecule has 1 heterocycles. The Morgan fingerprint density at radius 2 is 0.846 bits per heavy atom. The van der Waals surface area contributed by atoms with Crippen LogP contribution in [-0.4, -0.2) is 9.97 Å². The van der Waals surface area contributed by atoms with E-state index in [0.29, 0.717) is 5.82 Å². The predicted molar refractivity (Wildman–Crippen MR) is 219 cm³/mol. The third-order valence-electron chi connectivity index (χ3n) is 10.3. The molecule has 10 aromatic rings. The summed E-state index contributed by atoms with van der Waals surface area (Å²) in [4.78, 5) is 10.3. The molecule has 0 saturated carbocycles. The molecule has 9 aromatic carbocycles. The molecule has 0 amide bonds. The predicted octanol–water partition coefficient (Wildman–Crippen LogP) is 13.4. The first-order valence-corrected chi connectivity index (χ1v) is 17.7. The van der Waals surface area contributed by atoms with Crippen LogP contribution >= 0.6 is 0 Å². The average Bonchev–Trinajstić information content (AvgIpc) is 3.22. The fraction of sp³-hybridized carbons (Fsp3) is 0. The maximum atomic E-state index is 5.18. The van der Waals surface area contributed by atoms with E-state index in [9.17, 15) is 0 Å². The average molecular weight is 661 g/mol. The third kappa shape index (κ3) is 5.30. The molecule has 0 radical (unpaired) electrons. The first kappa shape index (κ1) is 30.0. The molecular formula is C50H32N2. The fourth-order valence-corrected chi connectivity index (χ4v) is 7.62. The van der Waals surface area contributed by atoms with Gasteiger partial charge in [-0.1, -0.05) is 170 Å². The SMILES string of the molecule is c1ccc(-c2nc(-c3ccc(-c4cccc5c4ccc4cc6ccccc6cc45)cc3)cc(-c3ccccc3-c3ccc4ccccc4c3)n2)cc1. The largest absolute Gasteiger partial charge is 0.228 e. The molecule has 2 nitrogen and oxygen atoms in total. The van der Waals surface area contributed by atoms with Gasteiger partial charge >= 0.3 is 0 Å². The van der Waals surface area contributed by atoms with E-state index in [1.54, 1.807) is 0 Å². The smallest absolute Gasteiger partial charge is 0.160 e. The number of rotatable bonds is 5. The summed E-state index contributed by atoms with van der Waals surface area (Å²) in [5.74, 6) is 0.707. The number of nitrogens with zero attached hydrogens (tertiary/aromatic N) is 2. The second kappa shape index (κ2) is 12.5. The molecule has 0 N–H and O–H groups in total. The molecule has 0 bridgehead atoms. The Labute approximate surface area is 302 Å². The van der Waals surface area contributed by atoms with Crippen molar-refractivity contribution in [3.8, 4) is 56.2 Å². The van der Waals surface area contributed by atoms with Crippen LogP contribution in [0.3, 0.4) is 0 Å². The summed E-state index contributed by atoms with van der Waals surface area (Å²) in [5, 5.41) is 10.0. The molecule has 0 spiro atoms. The molecule has 2 heteroatoms. The molecule has 1 aromatic heterocycles. The van der Waals surface area contributed by atoms with Crippen LogP contribution in [0.2, 0.25) is 0 Å². The lowest BCUT2D eigenvalue weighted by Gasteiger charge is -2.14. The van der Waals surface area contributed by atoms with Crippen molar-refractivity contribution in [3.05, 3.63) is 194 Å². The van der Waals surface area contributed by atoms with Gasteiger partial charge in [-0.2, -0.15) is 0 Å². The summed E-state index contributed by atoms with van der Waals surface area (Å²) in [6.45, 7) is 0. The Hall–Kier alpha value is -6.90. The van der Waals surface area contributed by atoms with E-state index in [2.05, 4.69) is 176 Å². The molecule has 242 valence electrons. The van der Waals surface area contributed by atoms with Crippen LogP contribution in [-0.2, 0) is 0 Å². The lowest BCUT2D eigenvalue weighted by atomic mass is 9.92. The van der Waals surface area contributed by atoms with Gasteiger partial charge in [0.2, 0.25) is 0 Å². The molecule has 0 aliphatic rings. The number of hydrogen-bond acceptors (Lipinski definition) is 2. The summed E-state index contributed by atoms with van der Waals surface area (Å²) in [6.07, 6.45) is 0. The Morgan fingerprint density at radius 3 is 1.65 bits per heavy atom. The van der Waals surface area contributed by atoms with E-state index in [0.717, 1.165) is 39.2 Å². The van der Waals surface area contributed by atoms with Gasteiger partial charge in [-0.3, -0.25) is 0 Å². The zero-order valence-electron chi connectivity index (χ0n) is 28.4.